The lowest BCUT2D eigenvalue weighted by atomic mass is 9.82. The second-order valence-corrected chi connectivity index (χ2v) is 41.7. The smallest absolute Gasteiger partial charge is 0.164 e. The summed E-state index contributed by atoms with van der Waals surface area (Å²) in [7, 11) is 0. The Labute approximate surface area is 844 Å². The predicted molar refractivity (Wildman–Crippen MR) is 606 cm³/mol. The molecule has 0 spiro atoms. The summed E-state index contributed by atoms with van der Waals surface area (Å²) in [5.41, 5.74) is 46.5. The Morgan fingerprint density at radius 2 is 0.479 bits per heavy atom. The number of hydrogen-bond acceptors (Lipinski definition) is 4. The maximum absolute atomic E-state index is 7.10. The average molecular weight is 1870 g/mol. The Bertz CT molecular complexity index is 10200. The molecule has 0 unspecified atom stereocenters. The van der Waals surface area contributed by atoms with Crippen LogP contribution in [0.15, 0.2) is 459 Å². The van der Waals surface area contributed by atoms with Gasteiger partial charge in [-0.1, -0.05) is 333 Å². The third-order valence-corrected chi connectivity index (χ3v) is 32.5. The van der Waals surface area contributed by atoms with E-state index in [1.807, 2.05) is 36.4 Å². The fourth-order valence-electron chi connectivity index (χ4n) is 25.3. The van der Waals surface area contributed by atoms with Crippen LogP contribution in [-0.2, 0) is 16.2 Å². The van der Waals surface area contributed by atoms with Crippen molar-refractivity contribution < 1.29 is 4.42 Å². The molecular weight excluding hydrogens is 1770 g/mol. The molecule has 0 aliphatic heterocycles. The zero-order valence-electron chi connectivity index (χ0n) is 81.3. The molecule has 3 aliphatic carbocycles. The van der Waals surface area contributed by atoms with Gasteiger partial charge in [0, 0.05) is 115 Å². The third-order valence-electron chi connectivity index (χ3n) is 32.5. The molecule has 8 heteroatoms. The van der Waals surface area contributed by atoms with Gasteiger partial charge in [-0.2, -0.15) is 0 Å². The van der Waals surface area contributed by atoms with Crippen molar-refractivity contribution in [3.05, 3.63) is 488 Å². The predicted octanol–water partition coefficient (Wildman–Crippen LogP) is 36.1. The molecule has 686 valence electrons. The SMILES string of the molecule is CC1(C)c2ccccc2-c2cc3c4ccccc4n(-c4cccc(-c5cccc6c5oc5ccc(-c7ccc8c(c7)c7cc9c(cc7n8-c7cc(-c8ccccc8)cc(-c8cccc(-c%10ccc%11c(c%10)-c%10cc%12c%13cc(-c%14ccc%15c(c%14)c%14ccccc%14n%15-c%14ccccc%14)ccc%13n(-c%13cccc(-c%14nc(-c%15ccccc%15)nc(-c%15ccccc%15)n%14)c%13)c%12cc%10C%11(C)C)c8)c7)C(C)(C)c7ccccc7-9)cc56)c4)c3cc21. The van der Waals surface area contributed by atoms with Crippen LogP contribution in [0.5, 0.6) is 0 Å². The Kier molecular flexibility index (Phi) is 17.9. The zero-order chi connectivity index (χ0) is 96.8. The van der Waals surface area contributed by atoms with E-state index in [4.69, 9.17) is 19.4 Å². The van der Waals surface area contributed by atoms with Gasteiger partial charge in [-0.25, -0.2) is 15.0 Å². The molecule has 27 aromatic rings. The highest BCUT2D eigenvalue weighted by molar-refractivity contribution is 6.18. The van der Waals surface area contributed by atoms with Gasteiger partial charge in [-0.15, -0.1) is 0 Å². The normalized spacial score (nSPS) is 13.6. The summed E-state index contributed by atoms with van der Waals surface area (Å²) < 4.78 is 17.0. The minimum absolute atomic E-state index is 0.142. The lowest BCUT2D eigenvalue weighted by Gasteiger charge is -2.22. The number of furan rings is 1. The molecule has 0 atom stereocenters. The fraction of sp³-hybridized carbons (Fsp3) is 0.0652. The van der Waals surface area contributed by atoms with E-state index in [-0.39, 0.29) is 16.2 Å². The van der Waals surface area contributed by atoms with Gasteiger partial charge in [-0.05, 0) is 292 Å². The molecule has 21 aromatic carbocycles. The first-order valence-corrected chi connectivity index (χ1v) is 50.7. The number of para-hydroxylation sites is 4. The van der Waals surface area contributed by atoms with E-state index < -0.39 is 0 Å². The van der Waals surface area contributed by atoms with Crippen molar-refractivity contribution in [1.82, 2.24) is 33.2 Å². The molecule has 146 heavy (non-hydrogen) atoms. The number of aromatic nitrogens is 7. The van der Waals surface area contributed by atoms with Crippen LogP contribution >= 0.6 is 0 Å². The highest BCUT2D eigenvalue weighted by Crippen LogP contribution is 2.57. The van der Waals surface area contributed by atoms with Gasteiger partial charge in [-0.3, -0.25) is 0 Å². The van der Waals surface area contributed by atoms with Crippen LogP contribution in [0, 0.1) is 0 Å². The van der Waals surface area contributed by atoms with Gasteiger partial charge in [0.05, 0.1) is 44.1 Å². The van der Waals surface area contributed by atoms with Crippen LogP contribution in [0.3, 0.4) is 0 Å². The summed E-state index contributed by atoms with van der Waals surface area (Å²) in [4.78, 5) is 15.6. The van der Waals surface area contributed by atoms with Crippen molar-refractivity contribution >= 4 is 109 Å². The van der Waals surface area contributed by atoms with Gasteiger partial charge in [0.1, 0.15) is 11.2 Å². The van der Waals surface area contributed by atoms with Crippen LogP contribution < -0.4 is 0 Å². The molecule has 30 rings (SSSR count). The molecule has 0 N–H and O–H groups in total. The van der Waals surface area contributed by atoms with Crippen molar-refractivity contribution in [1.29, 1.82) is 0 Å². The number of hydrogen-bond donors (Lipinski definition) is 0. The van der Waals surface area contributed by atoms with E-state index in [9.17, 15) is 0 Å². The molecule has 0 amide bonds. The molecule has 3 aliphatic rings. The van der Waals surface area contributed by atoms with E-state index >= 15 is 0 Å². The van der Waals surface area contributed by atoms with Gasteiger partial charge in [0.25, 0.3) is 0 Å². The van der Waals surface area contributed by atoms with Crippen molar-refractivity contribution in [2.75, 3.05) is 0 Å². The summed E-state index contributed by atoms with van der Waals surface area (Å²) in [5.74, 6) is 1.84. The first kappa shape index (κ1) is 83.4. The molecule has 0 fully saturated rings. The van der Waals surface area contributed by atoms with Crippen molar-refractivity contribution in [2.45, 2.75) is 57.8 Å². The molecular formula is C138H93N7O. The molecule has 0 bridgehead atoms. The summed E-state index contributed by atoms with van der Waals surface area (Å²) in [6.45, 7) is 14.4. The van der Waals surface area contributed by atoms with E-state index in [2.05, 4.69) is 478 Å². The lowest BCUT2D eigenvalue weighted by molar-refractivity contribution is 0.661. The summed E-state index contributed by atoms with van der Waals surface area (Å²) in [6, 6.07) is 169. The van der Waals surface area contributed by atoms with Gasteiger partial charge >= 0.3 is 0 Å². The molecule has 0 saturated carbocycles. The van der Waals surface area contributed by atoms with E-state index in [0.29, 0.717) is 17.5 Å². The summed E-state index contributed by atoms with van der Waals surface area (Å²) in [5, 5.41) is 11.8. The van der Waals surface area contributed by atoms with Crippen LogP contribution in [-0.4, -0.2) is 33.2 Å². The fourth-order valence-corrected chi connectivity index (χ4v) is 25.3. The van der Waals surface area contributed by atoms with Crippen LogP contribution in [0.25, 0.3) is 266 Å². The quantitative estimate of drug-likeness (QED) is 0.115. The number of nitrogens with zero attached hydrogens (tertiary/aromatic N) is 7. The first-order chi connectivity index (χ1) is 71.6. The standard InChI is InChI=1S/C138H93N7O/c1-136(2)117-51-23-19-45-101(117)107-76-113-104-48-22-26-54-124(104)143(128(113)79-120(107)136)97-43-28-39-92(67-97)100-49-30-50-105-116-75-91(59-64-131(116)146-132(100)105)90-58-63-127-112(74-90)114-77-108-102-46-20-24-52-118(102)137(3,4)121(108)80-130(114)145(127)99-69-94(82-31-11-7-12-32-82)66-95(70-99)86-38-27-37-85(65-86)87-55-60-119-106(71-87)109-78-115-111-73-89(88-56-61-125-110(72-88)103-47-21-25-53-123(103)142(125)96-41-17-10-18-42-96)57-62-126(111)144(129(115)81-122(109)138(119,5)6)98-44-29-40-93(68-98)135-140-133(83-33-13-8-14-34-83)139-134(141-135)84-35-15-9-16-36-84/h7-81H,1-6H3. The van der Waals surface area contributed by atoms with E-state index in [0.717, 1.165) is 156 Å². The second kappa shape index (κ2) is 31.3. The summed E-state index contributed by atoms with van der Waals surface area (Å²) in [6.07, 6.45) is 0. The van der Waals surface area contributed by atoms with E-state index in [1.165, 1.54) is 127 Å². The largest absolute Gasteiger partial charge is 0.455 e. The van der Waals surface area contributed by atoms with Crippen molar-refractivity contribution in [2.24, 2.45) is 0 Å². The molecule has 8 nitrogen and oxygen atoms in total. The van der Waals surface area contributed by atoms with Crippen LogP contribution in [0.1, 0.15) is 74.9 Å². The minimum Gasteiger partial charge on any atom is -0.455 e. The highest BCUT2D eigenvalue weighted by Gasteiger charge is 2.41. The molecule has 6 heterocycles. The number of benzene rings is 21. The minimum atomic E-state index is -0.367. The molecule has 0 radical (unpaired) electrons. The monoisotopic (exact) mass is 1860 g/mol. The lowest BCUT2D eigenvalue weighted by Crippen LogP contribution is -2.15. The number of fused-ring (bicyclic) bond motifs is 24. The Morgan fingerprint density at radius 1 is 0.164 bits per heavy atom. The third kappa shape index (κ3) is 12.5. The van der Waals surface area contributed by atoms with Crippen LogP contribution in [0.4, 0.5) is 0 Å². The highest BCUT2D eigenvalue weighted by atomic mass is 16.3. The van der Waals surface area contributed by atoms with Gasteiger partial charge < -0.3 is 22.7 Å². The maximum Gasteiger partial charge on any atom is 0.164 e. The maximum atomic E-state index is 7.10. The van der Waals surface area contributed by atoms with Crippen molar-refractivity contribution in [3.63, 3.8) is 0 Å². The van der Waals surface area contributed by atoms with Crippen molar-refractivity contribution in [3.8, 4) is 157 Å². The molecule has 6 aromatic heterocycles. The van der Waals surface area contributed by atoms with Gasteiger partial charge in [0.15, 0.2) is 17.5 Å². The zero-order valence-corrected chi connectivity index (χ0v) is 81.3. The number of rotatable bonds is 13. The molecule has 0 saturated heterocycles. The Balaban J connectivity index is 0.539. The van der Waals surface area contributed by atoms with E-state index in [1.54, 1.807) is 0 Å². The topological polar surface area (TPSA) is 71.5 Å². The second-order valence-electron chi connectivity index (χ2n) is 41.7. The summed E-state index contributed by atoms with van der Waals surface area (Å²) >= 11 is 0. The Morgan fingerprint density at radius 3 is 1.03 bits per heavy atom. The average Bonchev–Trinajstić information content (AvgIpc) is 1.56. The first-order valence-electron chi connectivity index (χ1n) is 50.7. The Hall–Kier alpha value is -18.4. The van der Waals surface area contributed by atoms with Crippen LogP contribution in [0.2, 0.25) is 0 Å². The van der Waals surface area contributed by atoms with Gasteiger partial charge in [0.2, 0.25) is 0 Å².